The van der Waals surface area contributed by atoms with E-state index in [-0.39, 0.29) is 5.75 Å². The van der Waals surface area contributed by atoms with Crippen LogP contribution in [0, 0.1) is 0 Å². The molecule has 0 bridgehead atoms. The van der Waals surface area contributed by atoms with Crippen LogP contribution in [0.1, 0.15) is 18.9 Å². The Balaban J connectivity index is 2.65. The molecule has 0 unspecified atom stereocenters. The topological polar surface area (TPSA) is 46.2 Å². The van der Waals surface area contributed by atoms with Crippen LogP contribution in [0.25, 0.3) is 0 Å². The Hall–Kier alpha value is -0.0400. The highest BCUT2D eigenvalue weighted by molar-refractivity contribution is 9.10. The van der Waals surface area contributed by atoms with Crippen molar-refractivity contribution in [1.29, 1.82) is 0 Å². The Morgan fingerprint density at radius 2 is 2.11 bits per heavy atom. The molecule has 1 rings (SSSR count). The number of hydrogen-bond acceptors (Lipinski definition) is 4. The van der Waals surface area contributed by atoms with Crippen LogP contribution >= 0.6 is 27.7 Å². The van der Waals surface area contributed by atoms with Crippen molar-refractivity contribution in [2.45, 2.75) is 24.8 Å². The molecule has 0 aliphatic carbocycles. The number of nitrogens with one attached hydrogen (secondary N) is 1. The van der Waals surface area contributed by atoms with Crippen molar-refractivity contribution >= 4 is 37.5 Å². The Kier molecular flexibility index (Phi) is 7.42. The van der Waals surface area contributed by atoms with Gasteiger partial charge in [-0.2, -0.15) is 0 Å². The second kappa shape index (κ2) is 8.29. The maximum Gasteiger partial charge on any atom is 0.148 e. The summed E-state index contributed by atoms with van der Waals surface area (Å²) in [5.74, 6) is 0.808. The molecule has 0 fully saturated rings. The first-order valence-corrected chi connectivity index (χ1v) is 10.1. The summed E-state index contributed by atoms with van der Waals surface area (Å²) in [5.41, 5.74) is 1.22. The third kappa shape index (κ3) is 7.34. The van der Waals surface area contributed by atoms with Gasteiger partial charge in [0.05, 0.1) is 5.75 Å². The largest absolute Gasteiger partial charge is 0.313 e. The van der Waals surface area contributed by atoms with Crippen molar-refractivity contribution in [2.75, 3.05) is 24.3 Å². The van der Waals surface area contributed by atoms with Crippen LogP contribution in [0.4, 0.5) is 0 Å². The first kappa shape index (κ1) is 17.0. The van der Waals surface area contributed by atoms with Crippen molar-refractivity contribution in [1.82, 2.24) is 5.32 Å². The van der Waals surface area contributed by atoms with Gasteiger partial charge in [-0.1, -0.05) is 28.9 Å². The quantitative estimate of drug-likeness (QED) is 0.567. The Labute approximate surface area is 128 Å². The molecule has 1 N–H and O–H groups in total. The van der Waals surface area contributed by atoms with Gasteiger partial charge in [-0.05, 0) is 30.7 Å². The molecule has 3 nitrogen and oxygen atoms in total. The molecule has 0 atom stereocenters. The van der Waals surface area contributed by atoms with Gasteiger partial charge in [0.15, 0.2) is 0 Å². The lowest BCUT2D eigenvalue weighted by Crippen LogP contribution is -2.14. The second-order valence-corrected chi connectivity index (χ2v) is 8.72. The molecule has 19 heavy (non-hydrogen) atoms. The average Bonchev–Trinajstić information content (AvgIpc) is 2.30. The number of benzene rings is 1. The van der Waals surface area contributed by atoms with Crippen molar-refractivity contribution in [3.63, 3.8) is 0 Å². The molecule has 0 saturated carbocycles. The third-order valence-corrected chi connectivity index (χ3v) is 5.28. The van der Waals surface area contributed by atoms with Gasteiger partial charge in [-0.25, -0.2) is 8.42 Å². The first-order valence-electron chi connectivity index (χ1n) is 6.22. The fraction of sp³-hybridized carbons (Fsp3) is 0.538. The van der Waals surface area contributed by atoms with Gasteiger partial charge in [-0.15, -0.1) is 11.8 Å². The second-order valence-electron chi connectivity index (χ2n) is 4.41. The van der Waals surface area contributed by atoms with E-state index in [0.29, 0.717) is 5.75 Å². The predicted octanol–water partition coefficient (Wildman–Crippen LogP) is 3.09. The molecule has 0 heterocycles. The van der Waals surface area contributed by atoms with E-state index in [1.807, 2.05) is 6.07 Å². The van der Waals surface area contributed by atoms with Gasteiger partial charge >= 0.3 is 0 Å². The third-order valence-electron chi connectivity index (χ3n) is 2.48. The van der Waals surface area contributed by atoms with E-state index in [4.69, 9.17) is 0 Å². The average molecular weight is 366 g/mol. The zero-order valence-electron chi connectivity index (χ0n) is 11.3. The van der Waals surface area contributed by atoms with E-state index in [9.17, 15) is 8.42 Å². The smallest absolute Gasteiger partial charge is 0.148 e. The summed E-state index contributed by atoms with van der Waals surface area (Å²) in [5, 5.41) is 3.37. The van der Waals surface area contributed by atoms with Crippen LogP contribution in [0.15, 0.2) is 27.6 Å². The van der Waals surface area contributed by atoms with E-state index in [1.54, 1.807) is 11.8 Å². The summed E-state index contributed by atoms with van der Waals surface area (Å²) in [7, 11) is -2.89. The summed E-state index contributed by atoms with van der Waals surface area (Å²) >= 11 is 5.05. The molecule has 0 radical (unpaired) electrons. The molecule has 1 aromatic rings. The van der Waals surface area contributed by atoms with E-state index < -0.39 is 9.84 Å². The maximum absolute atomic E-state index is 11.1. The number of halogens is 1. The number of thioether (sulfide) groups is 1. The minimum absolute atomic E-state index is 0.214. The lowest BCUT2D eigenvalue weighted by Gasteiger charge is -2.10. The monoisotopic (exact) mass is 365 g/mol. The van der Waals surface area contributed by atoms with Gasteiger partial charge in [0.1, 0.15) is 9.84 Å². The highest BCUT2D eigenvalue weighted by atomic mass is 79.9. The van der Waals surface area contributed by atoms with Crippen LogP contribution in [0.3, 0.4) is 0 Å². The molecule has 0 aromatic heterocycles. The minimum atomic E-state index is -2.89. The Bertz CT molecular complexity index is 503. The first-order chi connectivity index (χ1) is 8.92. The van der Waals surface area contributed by atoms with Gasteiger partial charge in [-0.3, -0.25) is 0 Å². The van der Waals surface area contributed by atoms with E-state index in [0.717, 1.165) is 28.9 Å². The SMILES string of the molecule is CCCNCc1ccc(Br)cc1SCCS(C)(=O)=O. The molecule has 0 aliphatic heterocycles. The number of rotatable bonds is 8. The summed E-state index contributed by atoms with van der Waals surface area (Å²) in [6, 6.07) is 6.15. The van der Waals surface area contributed by atoms with Crippen molar-refractivity contribution in [2.24, 2.45) is 0 Å². The summed E-state index contributed by atoms with van der Waals surface area (Å²) < 4.78 is 23.3. The molecule has 0 spiro atoms. The van der Waals surface area contributed by atoms with Crippen LogP contribution in [-0.4, -0.2) is 32.7 Å². The van der Waals surface area contributed by atoms with Crippen LogP contribution < -0.4 is 5.32 Å². The van der Waals surface area contributed by atoms with Gasteiger partial charge in [0, 0.05) is 27.9 Å². The normalized spacial score (nSPS) is 11.7. The zero-order chi connectivity index (χ0) is 14.3. The van der Waals surface area contributed by atoms with Crippen LogP contribution in [0.2, 0.25) is 0 Å². The standard InChI is InChI=1S/C13H20BrNO2S2/c1-3-6-15-10-11-4-5-12(14)9-13(11)18-7-8-19(2,16)17/h4-5,9,15H,3,6-8,10H2,1-2H3. The molecular weight excluding hydrogens is 346 g/mol. The number of sulfone groups is 1. The molecule has 1 aromatic carbocycles. The lowest BCUT2D eigenvalue weighted by atomic mass is 10.2. The van der Waals surface area contributed by atoms with E-state index >= 15 is 0 Å². The van der Waals surface area contributed by atoms with Crippen molar-refractivity contribution in [3.8, 4) is 0 Å². The van der Waals surface area contributed by atoms with E-state index in [1.165, 1.54) is 11.8 Å². The summed E-state index contributed by atoms with van der Waals surface area (Å²) in [6.07, 6.45) is 2.38. The van der Waals surface area contributed by atoms with Gasteiger partial charge < -0.3 is 5.32 Å². The van der Waals surface area contributed by atoms with Crippen molar-refractivity contribution < 1.29 is 8.42 Å². The fourth-order valence-corrected chi connectivity index (χ4v) is 4.32. The van der Waals surface area contributed by atoms with Crippen LogP contribution in [-0.2, 0) is 16.4 Å². The molecule has 0 aliphatic rings. The lowest BCUT2D eigenvalue weighted by molar-refractivity contribution is 0.603. The number of hydrogen-bond donors (Lipinski definition) is 1. The zero-order valence-corrected chi connectivity index (χ0v) is 14.5. The Morgan fingerprint density at radius 3 is 2.74 bits per heavy atom. The summed E-state index contributed by atoms with van der Waals surface area (Å²) in [4.78, 5) is 1.14. The van der Waals surface area contributed by atoms with E-state index in [2.05, 4.69) is 40.3 Å². The highest BCUT2D eigenvalue weighted by Gasteiger charge is 2.07. The van der Waals surface area contributed by atoms with Gasteiger partial charge in [0.2, 0.25) is 0 Å². The molecule has 108 valence electrons. The molecule has 0 saturated heterocycles. The molecule has 0 amide bonds. The minimum Gasteiger partial charge on any atom is -0.313 e. The molecule has 6 heteroatoms. The van der Waals surface area contributed by atoms with Crippen LogP contribution in [0.5, 0.6) is 0 Å². The van der Waals surface area contributed by atoms with Gasteiger partial charge in [0.25, 0.3) is 0 Å². The molecular formula is C13H20BrNO2S2. The highest BCUT2D eigenvalue weighted by Crippen LogP contribution is 2.26. The summed E-state index contributed by atoms with van der Waals surface area (Å²) in [6.45, 7) is 3.95. The maximum atomic E-state index is 11.1. The Morgan fingerprint density at radius 1 is 1.37 bits per heavy atom. The fourth-order valence-electron chi connectivity index (χ4n) is 1.51. The van der Waals surface area contributed by atoms with Crippen molar-refractivity contribution in [3.05, 3.63) is 28.2 Å². The predicted molar refractivity (Wildman–Crippen MR) is 86.6 cm³/mol.